The van der Waals surface area contributed by atoms with E-state index in [0.29, 0.717) is 0 Å². The maximum Gasteiger partial charge on any atom is 0.411 e. The average molecular weight is 386 g/mol. The molecule has 9 heteroatoms. The summed E-state index contributed by atoms with van der Waals surface area (Å²) >= 11 is 0. The number of carbonyl (C=O) groups is 2. The molecule has 0 aromatic heterocycles. The van der Waals surface area contributed by atoms with Gasteiger partial charge in [-0.2, -0.15) is 8.42 Å². The maximum absolute atomic E-state index is 12.4. The van der Waals surface area contributed by atoms with Gasteiger partial charge in [-0.05, 0) is 39.8 Å². The van der Waals surface area contributed by atoms with Gasteiger partial charge in [0.2, 0.25) is 0 Å². The van der Waals surface area contributed by atoms with Crippen LogP contribution in [0.4, 0.5) is 4.79 Å². The first-order valence-corrected chi connectivity index (χ1v) is 9.37. The number of hydrogen-bond donors (Lipinski definition) is 1. The van der Waals surface area contributed by atoms with Gasteiger partial charge in [0, 0.05) is 7.79 Å². The van der Waals surface area contributed by atoms with Crippen LogP contribution in [-0.2, 0) is 23.8 Å². The van der Waals surface area contributed by atoms with E-state index in [2.05, 4.69) is 0 Å². The summed E-state index contributed by atoms with van der Waals surface area (Å²) in [5, 5.41) is 9.36. The Morgan fingerprint density at radius 2 is 1.92 bits per heavy atom. The number of amides is 1. The number of ether oxygens (including phenoxy) is 1. The van der Waals surface area contributed by atoms with Crippen molar-refractivity contribution in [1.29, 1.82) is 0 Å². The summed E-state index contributed by atoms with van der Waals surface area (Å²) < 4.78 is 42.5. The van der Waals surface area contributed by atoms with Crippen molar-refractivity contribution in [3.63, 3.8) is 0 Å². The zero-order chi connectivity index (χ0) is 20.4. The van der Waals surface area contributed by atoms with Crippen LogP contribution in [0.25, 0.3) is 0 Å². The Balaban J connectivity index is 2.15. The molecule has 0 radical (unpaired) electrons. The van der Waals surface area contributed by atoms with Gasteiger partial charge in [0.05, 0.1) is 17.5 Å². The summed E-state index contributed by atoms with van der Waals surface area (Å²) in [6, 6.07) is 4.78. The number of aliphatic carboxylic acids is 1. The summed E-state index contributed by atoms with van der Waals surface area (Å²) in [5.74, 6) is -1.28. The minimum Gasteiger partial charge on any atom is -0.480 e. The second-order valence-corrected chi connectivity index (χ2v) is 8.43. The number of rotatable bonds is 4. The Bertz CT molecular complexity index is 807. The summed E-state index contributed by atoms with van der Waals surface area (Å²) in [6.07, 6.45) is -2.11. The van der Waals surface area contributed by atoms with Gasteiger partial charge in [0.15, 0.2) is 0 Å². The Morgan fingerprint density at radius 3 is 2.46 bits per heavy atom. The second-order valence-electron chi connectivity index (χ2n) is 6.86. The number of carboxylic acids is 1. The van der Waals surface area contributed by atoms with E-state index >= 15 is 0 Å². The summed E-state index contributed by atoms with van der Waals surface area (Å²) in [6.45, 7) is 4.42. The third-order valence-electron chi connectivity index (χ3n) is 3.72. The van der Waals surface area contributed by atoms with E-state index in [0.717, 1.165) is 10.5 Å². The molecule has 2 rings (SSSR count). The molecule has 1 aliphatic rings. The number of hydrogen-bond acceptors (Lipinski definition) is 6. The van der Waals surface area contributed by atoms with Crippen molar-refractivity contribution in [3.8, 4) is 0 Å². The van der Waals surface area contributed by atoms with Crippen LogP contribution in [0, 0.1) is 6.92 Å². The fourth-order valence-corrected chi connectivity index (χ4v) is 3.62. The third-order valence-corrected chi connectivity index (χ3v) is 5.09. The fourth-order valence-electron chi connectivity index (χ4n) is 2.54. The van der Waals surface area contributed by atoms with Crippen LogP contribution in [-0.4, -0.2) is 54.8 Å². The first-order valence-electron chi connectivity index (χ1n) is 8.67. The van der Waals surface area contributed by atoms with Gasteiger partial charge >= 0.3 is 12.1 Å². The predicted molar refractivity (Wildman–Crippen MR) is 92.2 cm³/mol. The Kier molecular flexibility index (Phi) is 5.19. The Hall–Kier alpha value is -2.13. The third kappa shape index (κ3) is 4.95. The van der Waals surface area contributed by atoms with E-state index in [1.807, 2.05) is 6.92 Å². The van der Waals surface area contributed by atoms with E-state index < -0.39 is 39.9 Å². The van der Waals surface area contributed by atoms with E-state index in [9.17, 15) is 23.1 Å². The van der Waals surface area contributed by atoms with Gasteiger partial charge in [-0.25, -0.2) is 9.59 Å². The number of carbonyl (C=O) groups excluding carboxylic acids is 1. The van der Waals surface area contributed by atoms with Gasteiger partial charge in [-0.1, -0.05) is 17.7 Å². The Labute approximate surface area is 154 Å². The van der Waals surface area contributed by atoms with Crippen LogP contribution in [0.1, 0.15) is 34.1 Å². The van der Waals surface area contributed by atoms with E-state index in [1.54, 1.807) is 12.1 Å². The molecule has 1 aromatic rings. The van der Waals surface area contributed by atoms with Crippen molar-refractivity contribution in [2.24, 2.45) is 0 Å². The van der Waals surface area contributed by atoms with Gasteiger partial charge in [0.25, 0.3) is 10.1 Å². The quantitative estimate of drug-likeness (QED) is 0.790. The first-order chi connectivity index (χ1) is 12.4. The lowest BCUT2D eigenvalue weighted by molar-refractivity contribution is -0.142. The van der Waals surface area contributed by atoms with Crippen LogP contribution in [0.5, 0.6) is 0 Å². The van der Waals surface area contributed by atoms with Gasteiger partial charge < -0.3 is 9.84 Å². The lowest BCUT2D eigenvalue weighted by Crippen LogP contribution is -2.43. The number of carboxylic acid groups (broad SMARTS) is 1. The van der Waals surface area contributed by atoms with Gasteiger partial charge in [0.1, 0.15) is 11.6 Å². The molecule has 1 saturated heterocycles. The molecule has 0 unspecified atom stereocenters. The molecule has 0 saturated carbocycles. The summed E-state index contributed by atoms with van der Waals surface area (Å²) in [4.78, 5) is 24.7. The highest BCUT2D eigenvalue weighted by Crippen LogP contribution is 2.26. The molecule has 8 nitrogen and oxygen atoms in total. The lowest BCUT2D eigenvalue weighted by Gasteiger charge is -2.26. The van der Waals surface area contributed by atoms with Crippen LogP contribution in [0.2, 0.25) is 0 Å². The molecule has 0 spiro atoms. The smallest absolute Gasteiger partial charge is 0.411 e. The van der Waals surface area contributed by atoms with Gasteiger partial charge in [-0.3, -0.25) is 9.08 Å². The minimum absolute atomic E-state index is 0.0451. The topological polar surface area (TPSA) is 110 Å². The minimum atomic E-state index is -4.10. The monoisotopic (exact) mass is 386 g/mol. The number of benzene rings is 1. The molecule has 1 fully saturated rings. The fraction of sp³-hybridized carbons (Fsp3) is 0.529. The zero-order valence-electron chi connectivity index (χ0n) is 15.8. The molecule has 1 heterocycles. The molecule has 1 amide bonds. The summed E-state index contributed by atoms with van der Waals surface area (Å²) in [5.41, 5.74) is -0.209. The second kappa shape index (κ2) is 7.24. The molecule has 0 bridgehead atoms. The SMILES string of the molecule is [2H]CC(C)(C)OC(=O)N1C[C@@H](OS(=O)(=O)c2ccc(C)cc2)C[C@H]1C(=O)O. The highest BCUT2D eigenvalue weighted by molar-refractivity contribution is 7.86. The van der Waals surface area contributed by atoms with Crippen LogP contribution in [0.3, 0.4) is 0 Å². The van der Waals surface area contributed by atoms with Crippen LogP contribution >= 0.6 is 0 Å². The molecule has 26 heavy (non-hydrogen) atoms. The van der Waals surface area contributed by atoms with E-state index in [4.69, 9.17) is 10.3 Å². The standard InChI is InChI=1S/C17H23NO7S/c1-11-5-7-13(8-6-11)26(22,23)25-12-9-14(15(19)20)18(10-12)16(21)24-17(2,3)4/h5-8,12,14H,9-10H2,1-4H3,(H,19,20)/t12-,14-/m0/s1/i2D. The number of aryl methyl sites for hydroxylation is 1. The largest absolute Gasteiger partial charge is 0.480 e. The van der Waals surface area contributed by atoms with Crippen molar-refractivity contribution >= 4 is 22.2 Å². The molecule has 1 aromatic carbocycles. The first kappa shape index (κ1) is 18.7. The van der Waals surface area contributed by atoms with Crippen molar-refractivity contribution in [3.05, 3.63) is 29.8 Å². The molecule has 1 aliphatic heterocycles. The molecule has 144 valence electrons. The van der Waals surface area contributed by atoms with Crippen molar-refractivity contribution < 1.29 is 33.4 Å². The molecular weight excluding hydrogens is 362 g/mol. The molecule has 1 N–H and O–H groups in total. The van der Waals surface area contributed by atoms with Crippen molar-refractivity contribution in [2.75, 3.05) is 6.54 Å². The maximum atomic E-state index is 12.4. The predicted octanol–water partition coefficient (Wildman–Crippen LogP) is 2.16. The number of nitrogens with zero attached hydrogens (tertiary/aromatic N) is 1. The normalized spacial score (nSPS) is 21.3. The highest BCUT2D eigenvalue weighted by atomic mass is 32.2. The van der Waals surface area contributed by atoms with Crippen LogP contribution < -0.4 is 0 Å². The van der Waals surface area contributed by atoms with E-state index in [1.165, 1.54) is 26.0 Å². The molecule has 2 atom stereocenters. The molecule has 0 aliphatic carbocycles. The zero-order valence-corrected chi connectivity index (χ0v) is 15.7. The highest BCUT2D eigenvalue weighted by Gasteiger charge is 2.43. The van der Waals surface area contributed by atoms with Crippen molar-refractivity contribution in [2.45, 2.75) is 56.7 Å². The van der Waals surface area contributed by atoms with Crippen LogP contribution in [0.15, 0.2) is 29.2 Å². The van der Waals surface area contributed by atoms with E-state index in [-0.39, 0.29) is 24.8 Å². The molecular formula is C17H23NO7S. The van der Waals surface area contributed by atoms with Gasteiger partial charge in [-0.15, -0.1) is 0 Å². The lowest BCUT2D eigenvalue weighted by atomic mass is 10.2. The average Bonchev–Trinajstić information content (AvgIpc) is 2.98. The van der Waals surface area contributed by atoms with Crippen molar-refractivity contribution in [1.82, 2.24) is 4.90 Å². The Morgan fingerprint density at radius 1 is 1.31 bits per heavy atom. The number of likely N-dealkylation sites (tertiary alicyclic amines) is 1. The summed E-state index contributed by atoms with van der Waals surface area (Å²) in [7, 11) is -4.10.